The smallest absolute Gasteiger partial charge is 0.471 e. The summed E-state index contributed by atoms with van der Waals surface area (Å²) in [6, 6.07) is 5.03. The molecule has 2 aromatic rings. The Labute approximate surface area is 156 Å². The number of ether oxygens (including phenoxy) is 2. The normalized spacial score (nSPS) is 17.7. The van der Waals surface area contributed by atoms with E-state index in [1.54, 1.807) is 17.5 Å². The molecule has 0 aliphatic heterocycles. The van der Waals surface area contributed by atoms with Crippen molar-refractivity contribution in [1.29, 1.82) is 0 Å². The highest BCUT2D eigenvalue weighted by Gasteiger charge is 2.44. The van der Waals surface area contributed by atoms with Crippen molar-refractivity contribution >= 4 is 29.1 Å². The summed E-state index contributed by atoms with van der Waals surface area (Å²) in [5, 5.41) is 3.68. The highest BCUT2D eigenvalue weighted by atomic mass is 32.1. The van der Waals surface area contributed by atoms with Crippen molar-refractivity contribution in [2.75, 3.05) is 14.2 Å². The Morgan fingerprint density at radius 1 is 1.22 bits per heavy atom. The molecule has 1 N–H and O–H groups in total. The third kappa shape index (κ3) is 3.55. The van der Waals surface area contributed by atoms with Gasteiger partial charge < -0.3 is 14.8 Å². The summed E-state index contributed by atoms with van der Waals surface area (Å²) in [6.07, 6.45) is -3.59. The van der Waals surface area contributed by atoms with Crippen LogP contribution in [0.1, 0.15) is 26.8 Å². The lowest BCUT2D eigenvalue weighted by atomic mass is 10.0. The van der Waals surface area contributed by atoms with Gasteiger partial charge in [-0.2, -0.15) is 13.2 Å². The SMILES string of the molecule is COc1cc2c(cc1OC)C(NC(=O)C(F)(F)F)/C(=C\c1cccs1)C2=O. The third-order valence-electron chi connectivity index (χ3n) is 4.06. The molecule has 3 rings (SSSR count). The van der Waals surface area contributed by atoms with Gasteiger partial charge in [-0.1, -0.05) is 6.07 Å². The van der Waals surface area contributed by atoms with Gasteiger partial charge in [-0.15, -0.1) is 11.3 Å². The van der Waals surface area contributed by atoms with Crippen LogP contribution in [0.2, 0.25) is 0 Å². The first-order chi connectivity index (χ1) is 12.8. The van der Waals surface area contributed by atoms with Crippen LogP contribution < -0.4 is 14.8 Å². The summed E-state index contributed by atoms with van der Waals surface area (Å²) >= 11 is 1.32. The van der Waals surface area contributed by atoms with E-state index in [0.29, 0.717) is 4.88 Å². The Balaban J connectivity index is 2.13. The van der Waals surface area contributed by atoms with Crippen molar-refractivity contribution in [3.8, 4) is 11.5 Å². The van der Waals surface area contributed by atoms with Crippen molar-refractivity contribution in [2.24, 2.45) is 0 Å². The van der Waals surface area contributed by atoms with Gasteiger partial charge in [0.1, 0.15) is 0 Å². The van der Waals surface area contributed by atoms with Crippen LogP contribution in [0, 0.1) is 0 Å². The molecule has 0 spiro atoms. The van der Waals surface area contributed by atoms with Gasteiger partial charge in [-0.25, -0.2) is 0 Å². The summed E-state index contributed by atoms with van der Waals surface area (Å²) in [5.41, 5.74) is 0.418. The lowest BCUT2D eigenvalue weighted by molar-refractivity contribution is -0.174. The summed E-state index contributed by atoms with van der Waals surface area (Å²) < 4.78 is 48.7. The van der Waals surface area contributed by atoms with E-state index >= 15 is 0 Å². The number of methoxy groups -OCH3 is 2. The van der Waals surface area contributed by atoms with E-state index in [0.717, 1.165) is 0 Å². The first kappa shape index (κ1) is 19.0. The molecular formula is C18H14F3NO4S. The molecule has 27 heavy (non-hydrogen) atoms. The zero-order chi connectivity index (χ0) is 19.8. The van der Waals surface area contributed by atoms with E-state index in [2.05, 4.69) is 0 Å². The second-order valence-electron chi connectivity index (χ2n) is 5.64. The van der Waals surface area contributed by atoms with Crippen molar-refractivity contribution < 1.29 is 32.2 Å². The molecule has 1 aromatic carbocycles. The number of amides is 1. The molecule has 1 atom stereocenters. The van der Waals surface area contributed by atoms with Crippen LogP contribution in [0.25, 0.3) is 6.08 Å². The predicted molar refractivity (Wildman–Crippen MR) is 93.1 cm³/mol. The van der Waals surface area contributed by atoms with Crippen molar-refractivity contribution in [3.05, 3.63) is 51.2 Å². The molecule has 0 fully saturated rings. The van der Waals surface area contributed by atoms with Crippen LogP contribution in [-0.2, 0) is 4.79 Å². The molecule has 0 saturated carbocycles. The molecular weight excluding hydrogens is 383 g/mol. The Kier molecular flexibility index (Phi) is 4.97. The maximum atomic E-state index is 12.8. The zero-order valence-corrected chi connectivity index (χ0v) is 15.0. The van der Waals surface area contributed by atoms with Crippen molar-refractivity contribution in [1.82, 2.24) is 5.32 Å². The fourth-order valence-corrected chi connectivity index (χ4v) is 3.49. The molecule has 1 aliphatic carbocycles. The summed E-state index contributed by atoms with van der Waals surface area (Å²) in [4.78, 5) is 25.1. The number of benzene rings is 1. The molecule has 1 heterocycles. The fraction of sp³-hybridized carbons (Fsp3) is 0.222. The summed E-state index contributed by atoms with van der Waals surface area (Å²) in [5.74, 6) is -2.10. The molecule has 0 bridgehead atoms. The van der Waals surface area contributed by atoms with E-state index in [4.69, 9.17) is 9.47 Å². The number of alkyl halides is 3. The van der Waals surface area contributed by atoms with E-state index in [1.807, 2.05) is 5.32 Å². The largest absolute Gasteiger partial charge is 0.493 e. The third-order valence-corrected chi connectivity index (χ3v) is 4.88. The molecule has 0 saturated heterocycles. The number of ketones is 1. The van der Waals surface area contributed by atoms with Gasteiger partial charge in [0.05, 0.1) is 20.3 Å². The average molecular weight is 397 g/mol. The van der Waals surface area contributed by atoms with Crippen LogP contribution >= 0.6 is 11.3 Å². The van der Waals surface area contributed by atoms with Gasteiger partial charge >= 0.3 is 12.1 Å². The number of thiophene rings is 1. The number of carbonyl (C=O) groups excluding carboxylic acids is 2. The summed E-state index contributed by atoms with van der Waals surface area (Å²) in [7, 11) is 2.75. The Bertz CT molecular complexity index is 919. The molecule has 1 unspecified atom stereocenters. The zero-order valence-electron chi connectivity index (χ0n) is 14.2. The maximum absolute atomic E-state index is 12.8. The van der Waals surface area contributed by atoms with Gasteiger partial charge in [-0.3, -0.25) is 9.59 Å². The number of halogens is 3. The number of hydrogen-bond acceptors (Lipinski definition) is 5. The molecule has 142 valence electrons. The highest BCUT2D eigenvalue weighted by Crippen LogP contribution is 2.43. The standard InChI is InChI=1S/C18H14F3NO4S/c1-25-13-7-10-11(8-14(13)26-2)16(23)12(6-9-4-3-5-27-9)15(10)22-17(24)18(19,20)21/h3-8,15H,1-2H3,(H,22,24)/b12-6+. The second kappa shape index (κ2) is 7.07. The first-order valence-corrected chi connectivity index (χ1v) is 8.57. The molecule has 9 heteroatoms. The van der Waals surface area contributed by atoms with Gasteiger partial charge in [0, 0.05) is 16.0 Å². The molecule has 1 aromatic heterocycles. The number of carbonyl (C=O) groups is 2. The van der Waals surface area contributed by atoms with E-state index in [-0.39, 0.29) is 28.2 Å². The van der Waals surface area contributed by atoms with Crippen LogP contribution in [0.4, 0.5) is 13.2 Å². The van der Waals surface area contributed by atoms with Gasteiger partial charge in [0.15, 0.2) is 17.3 Å². The Morgan fingerprint density at radius 3 is 2.44 bits per heavy atom. The molecule has 0 radical (unpaired) electrons. The number of rotatable bonds is 4. The van der Waals surface area contributed by atoms with Gasteiger partial charge in [0.2, 0.25) is 0 Å². The quantitative estimate of drug-likeness (QED) is 0.798. The van der Waals surface area contributed by atoms with Crippen LogP contribution in [0.5, 0.6) is 11.5 Å². The monoisotopic (exact) mass is 397 g/mol. The van der Waals surface area contributed by atoms with Crippen LogP contribution in [0.3, 0.4) is 0 Å². The molecule has 5 nitrogen and oxygen atoms in total. The highest BCUT2D eigenvalue weighted by molar-refractivity contribution is 7.10. The first-order valence-electron chi connectivity index (χ1n) is 7.69. The van der Waals surface area contributed by atoms with Crippen LogP contribution in [-0.4, -0.2) is 32.1 Å². The van der Waals surface area contributed by atoms with Gasteiger partial charge in [-0.05, 0) is 35.2 Å². The Morgan fingerprint density at radius 2 is 1.89 bits per heavy atom. The minimum Gasteiger partial charge on any atom is -0.493 e. The topological polar surface area (TPSA) is 64.6 Å². The second-order valence-corrected chi connectivity index (χ2v) is 6.62. The summed E-state index contributed by atoms with van der Waals surface area (Å²) in [6.45, 7) is 0. The fourth-order valence-electron chi connectivity index (χ4n) is 2.83. The lowest BCUT2D eigenvalue weighted by Crippen LogP contribution is -2.39. The van der Waals surface area contributed by atoms with Gasteiger partial charge in [0.25, 0.3) is 0 Å². The Hall–Kier alpha value is -2.81. The predicted octanol–water partition coefficient (Wildman–Crippen LogP) is 3.76. The number of fused-ring (bicyclic) bond motifs is 1. The average Bonchev–Trinajstić information content (AvgIpc) is 3.22. The minimum atomic E-state index is -5.07. The van der Waals surface area contributed by atoms with Crippen molar-refractivity contribution in [3.63, 3.8) is 0 Å². The van der Waals surface area contributed by atoms with Crippen molar-refractivity contribution in [2.45, 2.75) is 12.2 Å². The molecule has 1 aliphatic rings. The molecule has 1 amide bonds. The van der Waals surface area contributed by atoms with E-state index in [1.165, 1.54) is 43.8 Å². The number of Topliss-reactive ketones (excluding diaryl/α,β-unsaturated/α-hetero) is 1. The lowest BCUT2D eigenvalue weighted by Gasteiger charge is -2.17. The number of nitrogens with one attached hydrogen (secondary N) is 1. The number of hydrogen-bond donors (Lipinski definition) is 1. The van der Waals surface area contributed by atoms with E-state index in [9.17, 15) is 22.8 Å². The van der Waals surface area contributed by atoms with E-state index < -0.39 is 23.9 Å². The van der Waals surface area contributed by atoms with Crippen LogP contribution in [0.15, 0.2) is 35.2 Å². The minimum absolute atomic E-state index is 0.0420. The maximum Gasteiger partial charge on any atom is 0.471 e.